The molecule has 4 nitrogen and oxygen atoms in total. The lowest BCUT2D eigenvalue weighted by Crippen LogP contribution is -2.24. The molecule has 0 N–H and O–H groups in total. The van der Waals surface area contributed by atoms with Crippen LogP contribution in [0.4, 0.5) is 0 Å². The van der Waals surface area contributed by atoms with Crippen LogP contribution >= 0.6 is 15.9 Å². The summed E-state index contributed by atoms with van der Waals surface area (Å²) in [6, 6.07) is 17.2. The first kappa shape index (κ1) is 18.1. The van der Waals surface area contributed by atoms with Gasteiger partial charge in [-0.05, 0) is 36.3 Å². The Morgan fingerprint density at radius 1 is 1.15 bits per heavy atom. The zero-order valence-electron chi connectivity index (χ0n) is 14.5. The van der Waals surface area contributed by atoms with Crippen LogP contribution in [0.15, 0.2) is 75.9 Å². The van der Waals surface area contributed by atoms with Crippen LogP contribution in [0.2, 0.25) is 0 Å². The molecular weight excluding hydrogens is 394 g/mol. The van der Waals surface area contributed by atoms with Crippen LogP contribution in [-0.2, 0) is 20.9 Å². The second-order valence-corrected chi connectivity index (χ2v) is 6.86. The fraction of sp³-hybridized carbons (Fsp3) is 0.143. The average molecular weight is 412 g/mol. The van der Waals surface area contributed by atoms with Crippen LogP contribution < -0.4 is 0 Å². The van der Waals surface area contributed by atoms with Crippen LogP contribution in [0.5, 0.6) is 0 Å². The number of ether oxygens (including phenoxy) is 1. The van der Waals surface area contributed by atoms with Gasteiger partial charge in [-0.25, -0.2) is 4.79 Å². The lowest BCUT2D eigenvalue weighted by atomic mass is 10.0. The van der Waals surface area contributed by atoms with Crippen LogP contribution in [-0.4, -0.2) is 23.9 Å². The standard InChI is InChI=1S/C21H18BrNO3/c1-14-19(21(25)26-2)18(12-16-9-6-10-17(22)11-16)20(24)23(14)13-15-7-4-3-5-8-15/h3-12H,13H2,1-2H3/b18-12+. The van der Waals surface area contributed by atoms with E-state index in [0.29, 0.717) is 23.4 Å². The number of amides is 1. The third-order valence-electron chi connectivity index (χ3n) is 4.24. The molecule has 1 aliphatic rings. The SMILES string of the molecule is COC(=O)C1=C(C)N(Cc2ccccc2)C(=O)/C1=C/c1cccc(Br)c1. The lowest BCUT2D eigenvalue weighted by molar-refractivity contribution is -0.136. The Labute approximate surface area is 160 Å². The van der Waals surface area contributed by atoms with E-state index in [2.05, 4.69) is 15.9 Å². The van der Waals surface area contributed by atoms with Gasteiger partial charge >= 0.3 is 5.97 Å². The molecule has 3 rings (SSSR count). The van der Waals surface area contributed by atoms with Crippen LogP contribution in [0.25, 0.3) is 6.08 Å². The largest absolute Gasteiger partial charge is 0.465 e. The van der Waals surface area contributed by atoms with Crippen molar-refractivity contribution < 1.29 is 14.3 Å². The molecular formula is C21H18BrNO3. The molecule has 1 aliphatic heterocycles. The number of allylic oxidation sites excluding steroid dienone is 1. The summed E-state index contributed by atoms with van der Waals surface area (Å²) < 4.78 is 5.82. The lowest BCUT2D eigenvalue weighted by Gasteiger charge is -2.17. The number of hydrogen-bond donors (Lipinski definition) is 0. The van der Waals surface area contributed by atoms with E-state index in [-0.39, 0.29) is 5.91 Å². The number of halogens is 1. The molecule has 26 heavy (non-hydrogen) atoms. The molecule has 1 heterocycles. The Kier molecular flexibility index (Phi) is 5.38. The quantitative estimate of drug-likeness (QED) is 0.555. The van der Waals surface area contributed by atoms with E-state index in [1.165, 1.54) is 7.11 Å². The highest BCUT2D eigenvalue weighted by Crippen LogP contribution is 2.33. The average Bonchev–Trinajstić information content (AvgIpc) is 2.86. The number of rotatable bonds is 4. The zero-order valence-corrected chi connectivity index (χ0v) is 16.1. The van der Waals surface area contributed by atoms with Crippen molar-refractivity contribution in [3.8, 4) is 0 Å². The highest BCUT2D eigenvalue weighted by Gasteiger charge is 2.36. The molecule has 0 aromatic heterocycles. The highest BCUT2D eigenvalue weighted by molar-refractivity contribution is 9.10. The molecule has 2 aromatic rings. The van der Waals surface area contributed by atoms with Crippen molar-refractivity contribution in [2.24, 2.45) is 0 Å². The van der Waals surface area contributed by atoms with Gasteiger partial charge in [0.15, 0.2) is 0 Å². The first-order valence-corrected chi connectivity index (χ1v) is 8.93. The normalized spacial score (nSPS) is 15.7. The Balaban J connectivity index is 2.03. The predicted octanol–water partition coefficient (Wildman–Crippen LogP) is 4.32. The van der Waals surface area contributed by atoms with E-state index in [9.17, 15) is 9.59 Å². The molecule has 132 valence electrons. The van der Waals surface area contributed by atoms with E-state index in [1.54, 1.807) is 17.9 Å². The molecule has 0 saturated carbocycles. The second-order valence-electron chi connectivity index (χ2n) is 5.94. The smallest absolute Gasteiger partial charge is 0.340 e. The second kappa shape index (κ2) is 7.70. The van der Waals surface area contributed by atoms with E-state index >= 15 is 0 Å². The maximum atomic E-state index is 13.0. The summed E-state index contributed by atoms with van der Waals surface area (Å²) in [6.07, 6.45) is 1.73. The molecule has 0 atom stereocenters. The summed E-state index contributed by atoms with van der Waals surface area (Å²) in [6.45, 7) is 2.18. The molecule has 0 spiro atoms. The van der Waals surface area contributed by atoms with E-state index in [0.717, 1.165) is 15.6 Å². The third kappa shape index (κ3) is 3.63. The topological polar surface area (TPSA) is 46.6 Å². The van der Waals surface area contributed by atoms with Gasteiger partial charge in [0.2, 0.25) is 0 Å². The Bertz CT molecular complexity index is 916. The van der Waals surface area contributed by atoms with Gasteiger partial charge in [-0.1, -0.05) is 58.4 Å². The van der Waals surface area contributed by atoms with Gasteiger partial charge in [0.25, 0.3) is 5.91 Å². The first-order valence-electron chi connectivity index (χ1n) is 8.14. The van der Waals surface area contributed by atoms with Gasteiger partial charge < -0.3 is 9.64 Å². The summed E-state index contributed by atoms with van der Waals surface area (Å²) in [5, 5.41) is 0. The van der Waals surface area contributed by atoms with Crippen molar-refractivity contribution in [1.29, 1.82) is 0 Å². The molecule has 0 fully saturated rings. The number of nitrogens with zero attached hydrogens (tertiary/aromatic N) is 1. The van der Waals surface area contributed by atoms with Gasteiger partial charge in [-0.15, -0.1) is 0 Å². The minimum absolute atomic E-state index is 0.202. The zero-order chi connectivity index (χ0) is 18.7. The summed E-state index contributed by atoms with van der Waals surface area (Å²) in [5.41, 5.74) is 3.09. The van der Waals surface area contributed by atoms with Crippen LogP contribution in [0.1, 0.15) is 18.1 Å². The number of carbonyl (C=O) groups excluding carboxylic acids is 2. The number of benzene rings is 2. The molecule has 0 bridgehead atoms. The fourth-order valence-corrected chi connectivity index (χ4v) is 3.36. The maximum absolute atomic E-state index is 13.0. The summed E-state index contributed by atoms with van der Waals surface area (Å²) in [7, 11) is 1.32. The van der Waals surface area contributed by atoms with Gasteiger partial charge in [0.05, 0.1) is 24.8 Å². The van der Waals surface area contributed by atoms with Crippen molar-refractivity contribution >= 4 is 33.9 Å². The van der Waals surface area contributed by atoms with Gasteiger partial charge in [0.1, 0.15) is 0 Å². The molecule has 2 aromatic carbocycles. The Morgan fingerprint density at radius 3 is 2.54 bits per heavy atom. The molecule has 1 amide bonds. The van der Waals surface area contributed by atoms with Gasteiger partial charge in [-0.3, -0.25) is 4.79 Å². The Morgan fingerprint density at radius 2 is 1.88 bits per heavy atom. The van der Waals surface area contributed by atoms with Crippen molar-refractivity contribution in [3.63, 3.8) is 0 Å². The minimum atomic E-state index is -0.507. The molecule has 0 radical (unpaired) electrons. The molecule has 0 aliphatic carbocycles. The van der Waals surface area contributed by atoms with Crippen molar-refractivity contribution in [1.82, 2.24) is 4.90 Å². The number of esters is 1. The third-order valence-corrected chi connectivity index (χ3v) is 4.74. The fourth-order valence-electron chi connectivity index (χ4n) is 2.95. The van der Waals surface area contributed by atoms with E-state index in [1.807, 2.05) is 54.6 Å². The van der Waals surface area contributed by atoms with Crippen LogP contribution in [0.3, 0.4) is 0 Å². The predicted molar refractivity (Wildman–Crippen MR) is 104 cm³/mol. The number of carbonyl (C=O) groups is 2. The van der Waals surface area contributed by atoms with Crippen molar-refractivity contribution in [3.05, 3.63) is 87.0 Å². The maximum Gasteiger partial charge on any atom is 0.340 e. The monoisotopic (exact) mass is 411 g/mol. The summed E-state index contributed by atoms with van der Waals surface area (Å²) >= 11 is 3.42. The summed E-state index contributed by atoms with van der Waals surface area (Å²) in [4.78, 5) is 27.0. The summed E-state index contributed by atoms with van der Waals surface area (Å²) in [5.74, 6) is -0.709. The van der Waals surface area contributed by atoms with E-state index in [4.69, 9.17) is 4.74 Å². The van der Waals surface area contributed by atoms with Crippen LogP contribution in [0, 0.1) is 0 Å². The number of methoxy groups -OCH3 is 1. The van der Waals surface area contributed by atoms with Crippen molar-refractivity contribution in [2.45, 2.75) is 13.5 Å². The number of hydrogen-bond acceptors (Lipinski definition) is 3. The molecule has 0 saturated heterocycles. The minimum Gasteiger partial charge on any atom is -0.465 e. The highest BCUT2D eigenvalue weighted by atomic mass is 79.9. The van der Waals surface area contributed by atoms with Gasteiger partial charge in [0, 0.05) is 10.2 Å². The van der Waals surface area contributed by atoms with Crippen molar-refractivity contribution in [2.75, 3.05) is 7.11 Å². The molecule has 5 heteroatoms. The van der Waals surface area contributed by atoms with Gasteiger partial charge in [-0.2, -0.15) is 0 Å². The molecule has 0 unspecified atom stereocenters. The van der Waals surface area contributed by atoms with E-state index < -0.39 is 5.97 Å². The Hall–Kier alpha value is -2.66. The first-order chi connectivity index (χ1) is 12.5.